The molecule has 39 nitrogen and oxygen atoms in total. The Balaban J connectivity index is 0.888. The van der Waals surface area contributed by atoms with Crippen molar-refractivity contribution in [3.8, 4) is 11.5 Å². The number of fused-ring (bicyclic) bond motifs is 5. The summed E-state index contributed by atoms with van der Waals surface area (Å²) in [5.74, 6) is -11.6. The number of aliphatic hydroxyl groups is 1. The van der Waals surface area contributed by atoms with Gasteiger partial charge in [-0.3, -0.25) is 78.5 Å². The van der Waals surface area contributed by atoms with E-state index in [0.29, 0.717) is 54.9 Å². The summed E-state index contributed by atoms with van der Waals surface area (Å²) in [4.78, 5) is 217. The molecule has 2 aromatic rings. The Morgan fingerprint density at radius 2 is 1.40 bits per heavy atom. The number of halogens is 1. The molecule has 5 aliphatic heterocycles. The number of hydrogen-bond acceptors (Lipinski definition) is 26. The number of aromatic hydroxyl groups is 1. The number of carbonyl (C=O) groups excluding carboxylic acids is 14. The number of epoxide rings is 1. The molecule has 0 radical (unpaired) electrons. The number of rotatable bonds is 47. The third kappa shape index (κ3) is 32.8. The molecule has 16 N–H and O–H groups in total. The average molecular weight is 1960 g/mol. The number of nitrogens with zero attached hydrogens (tertiary/aromatic N) is 5. The molecule has 7 rings (SSSR count). The maximum absolute atomic E-state index is 15.1. The van der Waals surface area contributed by atoms with Gasteiger partial charge in [0.1, 0.15) is 76.4 Å². The molecule has 0 saturated carbocycles. The van der Waals surface area contributed by atoms with E-state index in [1.54, 1.807) is 58.9 Å². The summed E-state index contributed by atoms with van der Waals surface area (Å²) < 4.78 is 29.6. The lowest BCUT2D eigenvalue weighted by Crippen LogP contribution is -2.63. The van der Waals surface area contributed by atoms with E-state index in [4.69, 9.17) is 57.6 Å². The van der Waals surface area contributed by atoms with Crippen LogP contribution in [0.25, 0.3) is 0 Å². The number of amides is 10. The zero-order valence-corrected chi connectivity index (χ0v) is 83.1. The summed E-state index contributed by atoms with van der Waals surface area (Å²) >= 11 is 6.86. The van der Waals surface area contributed by atoms with Crippen molar-refractivity contribution in [1.82, 2.24) is 56.8 Å². The number of alkyl carbamates (subject to hydrolysis) is 1. The molecule has 0 unspecified atom stereocenters. The lowest BCUT2D eigenvalue weighted by molar-refractivity contribution is -0.162. The van der Waals surface area contributed by atoms with Gasteiger partial charge in [0.2, 0.25) is 53.2 Å². The van der Waals surface area contributed by atoms with Gasteiger partial charge in [-0.15, -0.1) is 0 Å². The predicted molar refractivity (Wildman–Crippen MR) is 512 cm³/mol. The number of esters is 1. The van der Waals surface area contributed by atoms with Crippen LogP contribution in [-0.4, -0.2) is 293 Å². The van der Waals surface area contributed by atoms with Gasteiger partial charge in [0.25, 0.3) is 0 Å². The summed E-state index contributed by atoms with van der Waals surface area (Å²) in [6.07, 6.45) is 1.21. The van der Waals surface area contributed by atoms with E-state index < -0.39 is 210 Å². The summed E-state index contributed by atoms with van der Waals surface area (Å²) in [6, 6.07) is 1.33. The van der Waals surface area contributed by atoms with Gasteiger partial charge in [0.15, 0.2) is 29.2 Å². The highest BCUT2D eigenvalue weighted by Crippen LogP contribution is 2.50. The van der Waals surface area contributed by atoms with Gasteiger partial charge in [0.05, 0.1) is 49.7 Å². The fourth-order valence-corrected chi connectivity index (χ4v) is 19.9. The number of carboxylic acid groups (broad SMARTS) is 1. The van der Waals surface area contributed by atoms with E-state index in [1.807, 2.05) is 26.8 Å². The number of ketones is 3. The van der Waals surface area contributed by atoms with E-state index in [1.165, 1.54) is 120 Å². The summed E-state index contributed by atoms with van der Waals surface area (Å²) in [6.45, 7) is 17.6. The van der Waals surface area contributed by atoms with Crippen LogP contribution in [0.5, 0.6) is 11.5 Å². The highest BCUT2D eigenvalue weighted by atomic mass is 35.5. The number of carboxylic acids is 1. The molecule has 0 aliphatic carbocycles. The number of phenolic OH excluding ortho intramolecular Hbond substituents is 1. The molecule has 10 amide bonds. The predicted octanol–water partition coefficient (Wildman–Crippen LogP) is 6.01. The molecular weight excluding hydrogens is 1820 g/mol. The number of unbranched alkanes of at least 4 members (excludes halogenated alkanes) is 1. The first-order valence-electron chi connectivity index (χ1n) is 46.4. The number of benzene rings is 2. The highest BCUT2D eigenvalue weighted by molar-refractivity contribution is 8.76. The van der Waals surface area contributed by atoms with Gasteiger partial charge in [-0.05, 0) is 157 Å². The van der Waals surface area contributed by atoms with Gasteiger partial charge < -0.3 is 107 Å². The van der Waals surface area contributed by atoms with E-state index >= 15 is 14.4 Å². The number of aliphatic carboxylic acids is 1. The molecule has 5 aliphatic rings. The van der Waals surface area contributed by atoms with Crippen molar-refractivity contribution in [2.45, 2.75) is 282 Å². The SMILES string of the molecule is COc1cc2cc(c1Cl)N(C)C(=O)C[C@H](OC(=O)[C@H](C)N(C)C(=O)CCSSCCC(=O)CC(=O)NCCCC[C@H](NC(C)=O)C(=O)N1CCC[C@H]1C(=O)N[C@@H](CC(C)C)C(=O)N1CCC[C@H]1C(=O)N(C)[C@@H](CCCNC(=N)N)C(=O)C[C@H](C(=O)N[C@@H](CCCNC(=N)N)C(=O)C[C@@H](Cc1ccc(O)cc1)C(=O)O)C(C)(C)C)[C@]1(C)O[C@H]1[C@H](C)[C@@H]1C[C@@](O)(NC(=O)O1)[C@H](OC)/C=C/C=C(\C)C2. The van der Waals surface area contributed by atoms with Crippen molar-refractivity contribution >= 4 is 139 Å². The minimum atomic E-state index is -1.92. The number of methoxy groups -OCH3 is 2. The van der Waals surface area contributed by atoms with Crippen LogP contribution in [0.2, 0.25) is 5.02 Å². The zero-order valence-electron chi connectivity index (χ0n) is 80.7. The van der Waals surface area contributed by atoms with Crippen LogP contribution in [0.15, 0.2) is 60.2 Å². The number of hydrogen-bond donors (Lipinski definition) is 14. The fraction of sp³-hybridized carbons (Fsp3) is 0.649. The number of phenols is 1. The number of likely N-dealkylation sites (tertiary alicyclic amines) is 2. The number of nitrogens with two attached hydrogens (primary N) is 2. The molecule has 4 fully saturated rings. The number of Topliss-reactive ketones (excluding diaryl/α,β-unsaturated/α-hetero) is 3. The van der Waals surface area contributed by atoms with Gasteiger partial charge >= 0.3 is 18.0 Å². The van der Waals surface area contributed by atoms with Crippen molar-refractivity contribution in [1.29, 1.82) is 10.8 Å². The Hall–Kier alpha value is -10.6. The minimum absolute atomic E-state index is 0.000282. The molecule has 42 heteroatoms. The number of anilines is 1. The fourth-order valence-electron chi connectivity index (χ4n) is 17.6. The third-order valence-corrected chi connectivity index (χ3v) is 28.3. The Morgan fingerprint density at radius 1 is 0.787 bits per heavy atom. The lowest BCUT2D eigenvalue weighted by atomic mass is 9.76. The quantitative estimate of drug-likeness (QED) is 0.00686. The molecule has 0 spiro atoms. The molecule has 0 aromatic heterocycles. The number of nitrogens with one attached hydrogen (secondary N) is 9. The second kappa shape index (κ2) is 52.2. The molecule has 2 aromatic carbocycles. The topological polar surface area (TPSA) is 566 Å². The molecule has 136 heavy (non-hydrogen) atoms. The molecule has 4 saturated heterocycles. The van der Waals surface area contributed by atoms with Crippen LogP contribution in [0, 0.1) is 39.9 Å². The van der Waals surface area contributed by atoms with E-state index in [0.717, 1.165) is 11.1 Å². The Bertz CT molecular complexity index is 4670. The average Bonchev–Trinajstić information content (AvgIpc) is 1.57. The van der Waals surface area contributed by atoms with Crippen LogP contribution in [0.1, 0.15) is 202 Å². The Kier molecular flexibility index (Phi) is 43.2. The van der Waals surface area contributed by atoms with Gasteiger partial charge in [0, 0.05) is 123 Å². The number of ether oxygens (including phenoxy) is 5. The zero-order chi connectivity index (χ0) is 101. The van der Waals surface area contributed by atoms with Gasteiger partial charge in [-0.25, -0.2) is 9.59 Å². The van der Waals surface area contributed by atoms with Gasteiger partial charge in [-0.1, -0.05) is 111 Å². The van der Waals surface area contributed by atoms with E-state index in [-0.39, 0.29) is 150 Å². The van der Waals surface area contributed by atoms with Crippen molar-refractivity contribution in [3.63, 3.8) is 0 Å². The summed E-state index contributed by atoms with van der Waals surface area (Å²) in [5.41, 5.74) is 9.37. The van der Waals surface area contributed by atoms with Crippen LogP contribution < -0.4 is 58.3 Å². The molecular formula is C94H141ClN16O23S2. The normalized spacial score (nSPS) is 22.8. The number of allylic oxidation sites excluding steroid dienone is 3. The Morgan fingerprint density at radius 3 is 2.01 bits per heavy atom. The van der Waals surface area contributed by atoms with E-state index in [2.05, 4.69) is 37.2 Å². The number of likely N-dealkylation sites (N-methyl/N-ethyl adjacent to an activating group) is 2. The van der Waals surface area contributed by atoms with Crippen molar-refractivity contribution in [2.75, 3.05) is 84.5 Å². The van der Waals surface area contributed by atoms with Crippen molar-refractivity contribution in [2.24, 2.45) is 40.6 Å². The monoisotopic (exact) mass is 1960 g/mol. The highest BCUT2D eigenvalue weighted by Gasteiger charge is 2.65. The first kappa shape index (κ1) is 112. The van der Waals surface area contributed by atoms with Crippen LogP contribution >= 0.6 is 33.2 Å². The molecule has 16 atom stereocenters. The maximum atomic E-state index is 15.1. The maximum Gasteiger partial charge on any atom is 0.409 e. The van der Waals surface area contributed by atoms with Crippen molar-refractivity contribution < 1.29 is 111 Å². The lowest BCUT2D eigenvalue weighted by Gasteiger charge is -2.42. The number of guanidine groups is 2. The minimum Gasteiger partial charge on any atom is -0.508 e. The van der Waals surface area contributed by atoms with Crippen LogP contribution in [0.4, 0.5) is 10.5 Å². The Labute approximate surface area is 808 Å². The summed E-state index contributed by atoms with van der Waals surface area (Å²) in [5, 5.41) is 66.6. The second-order valence-corrected chi connectivity index (χ2v) is 40.7. The standard InChI is InChI=1S/C94H141ClN16O23S2/c1-53(2)43-66(85(123)111-40-22-28-69(111)86(124)109(13)67(26-20-38-102-90(98)99)72(116)50-63(92(7,8)9)82(120)104-64(25-19-37-101-89(96)97)71(115)48-60(87(125)126)45-58-30-32-61(113)33-31-58)105-83(121)68-27-21-39-110(68)84(122)65(103-57(6)112)24-16-17-36-100-77(117)49-62(114)34-41-135-136-42-35-78(118)107(11)56(5)88(127)133-76-51-79(119)108(12)70-46-59(47-73(130-14)80(70)95)44-54(3)23-18-29-75(131-15)94(129)52-74(132-91(128)106-94)55(4)81-93(76,10)134-81/h18,23,29-33,46-47,53,55-56,60,63-69,74-76,81,113,129H,16-17,19-22,24-28,34-45,48-52H2,1-15H3,(H,100,117)(H,103,112)(H,104,120)(H,105,121)(H,106,128)(H,125,126)(H4,96,97,101)(H4,98,99,102)/b29-18+,54-23+/t55-,56+,60-,63-,64+,65+,66+,67+,68+,69+,74+,75-,76+,81+,93+,94+/m1/s1. The van der Waals surface area contributed by atoms with Crippen molar-refractivity contribution in [3.05, 3.63) is 76.3 Å². The molecule has 4 bridgehead atoms. The smallest absolute Gasteiger partial charge is 0.409 e. The van der Waals surface area contributed by atoms with Crippen LogP contribution in [0.3, 0.4) is 0 Å². The number of carbonyl (C=O) groups is 15. The van der Waals surface area contributed by atoms with Crippen LogP contribution in [-0.2, 0) is 98.9 Å². The molecule has 5 heterocycles. The van der Waals surface area contributed by atoms with E-state index in [9.17, 15) is 72.9 Å². The van der Waals surface area contributed by atoms with Gasteiger partial charge in [-0.2, -0.15) is 0 Å². The first-order chi connectivity index (χ1) is 64.0. The summed E-state index contributed by atoms with van der Waals surface area (Å²) in [7, 11) is 9.89. The molecule has 754 valence electrons. The second-order valence-electron chi connectivity index (χ2n) is 37.6. The largest absolute Gasteiger partial charge is 0.508 e. The third-order valence-electron chi connectivity index (χ3n) is 25.6. The first-order valence-corrected chi connectivity index (χ1v) is 49.2.